The van der Waals surface area contributed by atoms with E-state index in [0.717, 1.165) is 42.0 Å². The third-order valence-electron chi connectivity index (χ3n) is 5.49. The molecule has 3 nitrogen and oxygen atoms in total. The normalized spacial score (nSPS) is 13.9. The lowest BCUT2D eigenvalue weighted by Crippen LogP contribution is -2.27. The van der Waals surface area contributed by atoms with Crippen molar-refractivity contribution in [3.8, 4) is 5.75 Å². The number of benzene rings is 2. The number of methoxy groups -OCH3 is 1. The predicted octanol–water partition coefficient (Wildman–Crippen LogP) is 7.08. The Morgan fingerprint density at radius 3 is 2.59 bits per heavy atom. The van der Waals surface area contributed by atoms with Crippen molar-refractivity contribution in [2.45, 2.75) is 30.4 Å². The second-order valence-electron chi connectivity index (χ2n) is 7.60. The zero-order valence-corrected chi connectivity index (χ0v) is 20.0. The third kappa shape index (κ3) is 5.28. The fraction of sp³-hybridized carbons (Fsp3) is 0.269. The molecule has 0 unspecified atom stereocenters. The molecule has 1 heterocycles. The van der Waals surface area contributed by atoms with Crippen molar-refractivity contribution >= 4 is 34.8 Å². The summed E-state index contributed by atoms with van der Waals surface area (Å²) in [5, 5.41) is 0.402. The number of thioether (sulfide) groups is 1. The van der Waals surface area contributed by atoms with Crippen molar-refractivity contribution < 1.29 is 13.9 Å². The minimum Gasteiger partial charge on any atom is -0.494 e. The molecule has 32 heavy (non-hydrogen) atoms. The molecule has 1 aliphatic heterocycles. The Morgan fingerprint density at radius 2 is 1.97 bits per heavy atom. The minimum absolute atomic E-state index is 0.0145. The van der Waals surface area contributed by atoms with Crippen LogP contribution in [0.25, 0.3) is 5.57 Å². The van der Waals surface area contributed by atoms with Crippen LogP contribution in [0.2, 0.25) is 5.02 Å². The zero-order chi connectivity index (χ0) is 23.3. The van der Waals surface area contributed by atoms with E-state index in [9.17, 15) is 9.18 Å². The maximum absolute atomic E-state index is 14.6. The molecule has 0 aliphatic carbocycles. The number of likely N-dealkylation sites (tertiary alicyclic amines) is 1. The number of rotatable bonds is 8. The molecular formula is C26H27ClFNO2S. The molecule has 168 valence electrons. The van der Waals surface area contributed by atoms with Crippen LogP contribution >= 0.6 is 23.4 Å². The average molecular weight is 472 g/mol. The lowest BCUT2D eigenvalue weighted by Gasteiger charge is -2.18. The van der Waals surface area contributed by atoms with E-state index in [2.05, 4.69) is 13.2 Å². The summed E-state index contributed by atoms with van der Waals surface area (Å²) in [4.78, 5) is 15.5. The molecule has 3 rings (SSSR count). The number of halogens is 2. The van der Waals surface area contributed by atoms with Gasteiger partial charge < -0.3 is 9.64 Å². The molecule has 1 amide bonds. The van der Waals surface area contributed by atoms with Crippen molar-refractivity contribution in [3.63, 3.8) is 0 Å². The first-order valence-corrected chi connectivity index (χ1v) is 11.8. The Hall–Kier alpha value is -2.50. The van der Waals surface area contributed by atoms with E-state index in [4.69, 9.17) is 16.3 Å². The zero-order valence-electron chi connectivity index (χ0n) is 18.4. The highest BCUT2D eigenvalue weighted by atomic mass is 35.5. The SMILES string of the molecule is C=C/C=C(\C=C)c1cc(CSc2cc(C(=O)N3CCCC3)cc(Cl)c2OC)c(C)cc1F. The van der Waals surface area contributed by atoms with E-state index in [0.29, 0.717) is 33.2 Å². The average Bonchev–Trinajstić information content (AvgIpc) is 3.31. The van der Waals surface area contributed by atoms with E-state index < -0.39 is 0 Å². The van der Waals surface area contributed by atoms with E-state index >= 15 is 0 Å². The van der Waals surface area contributed by atoms with Gasteiger partial charge in [0.15, 0.2) is 5.75 Å². The Labute approximate surface area is 198 Å². The van der Waals surface area contributed by atoms with Gasteiger partial charge in [-0.1, -0.05) is 43.0 Å². The highest BCUT2D eigenvalue weighted by Crippen LogP contribution is 2.39. The van der Waals surface area contributed by atoms with Gasteiger partial charge in [-0.2, -0.15) is 0 Å². The molecule has 1 saturated heterocycles. The standard InChI is InChI=1S/C26H27ClFNO2S/c1-5-9-18(6-2)21-13-20(17(3)12-23(21)28)16-32-24-15-19(14-22(27)25(24)31-4)26(30)29-10-7-8-11-29/h5-6,9,12-15H,1-2,7-8,10-11,16H2,3-4H3/b18-9+. The number of aryl methyl sites for hydroxylation is 1. The molecule has 6 heteroatoms. The molecule has 1 fully saturated rings. The summed E-state index contributed by atoms with van der Waals surface area (Å²) in [6.45, 7) is 10.9. The van der Waals surface area contributed by atoms with E-state index in [1.165, 1.54) is 17.8 Å². The lowest BCUT2D eigenvalue weighted by molar-refractivity contribution is 0.0792. The Bertz CT molecular complexity index is 1070. The topological polar surface area (TPSA) is 29.5 Å². The maximum atomic E-state index is 14.6. The van der Waals surface area contributed by atoms with Crippen LogP contribution in [0.4, 0.5) is 4.39 Å². The van der Waals surface area contributed by atoms with E-state index in [-0.39, 0.29) is 11.7 Å². The van der Waals surface area contributed by atoms with E-state index in [1.807, 2.05) is 24.0 Å². The van der Waals surface area contributed by atoms with Crippen LogP contribution in [0.1, 0.15) is 39.9 Å². The van der Waals surface area contributed by atoms with Crippen molar-refractivity contribution in [2.24, 2.45) is 0 Å². The molecule has 0 aromatic heterocycles. The molecule has 2 aromatic rings. The van der Waals surface area contributed by atoms with Gasteiger partial charge in [0.2, 0.25) is 0 Å². The van der Waals surface area contributed by atoms with Crippen LogP contribution in [0, 0.1) is 12.7 Å². The quantitative estimate of drug-likeness (QED) is 0.304. The van der Waals surface area contributed by atoms with Gasteiger partial charge in [-0.3, -0.25) is 4.79 Å². The molecule has 0 bridgehead atoms. The molecule has 0 radical (unpaired) electrons. The maximum Gasteiger partial charge on any atom is 0.253 e. The van der Waals surface area contributed by atoms with Gasteiger partial charge in [0.05, 0.1) is 17.0 Å². The fourth-order valence-electron chi connectivity index (χ4n) is 3.74. The highest BCUT2D eigenvalue weighted by Gasteiger charge is 2.22. The second-order valence-corrected chi connectivity index (χ2v) is 9.02. The minimum atomic E-state index is -0.303. The summed E-state index contributed by atoms with van der Waals surface area (Å²) in [5.41, 5.74) is 3.51. The van der Waals surface area contributed by atoms with Crippen molar-refractivity contribution in [3.05, 3.63) is 88.7 Å². The van der Waals surface area contributed by atoms with Crippen LogP contribution in [0.5, 0.6) is 5.75 Å². The second kappa shape index (κ2) is 10.9. The molecule has 0 spiro atoms. The number of ether oxygens (including phenoxy) is 1. The number of amides is 1. The van der Waals surface area contributed by atoms with Gasteiger partial charge in [0.25, 0.3) is 5.91 Å². The largest absolute Gasteiger partial charge is 0.494 e. The first-order chi connectivity index (χ1) is 15.4. The molecule has 0 atom stereocenters. The molecule has 0 saturated carbocycles. The number of hydrogen-bond donors (Lipinski definition) is 0. The molecule has 0 N–H and O–H groups in total. The first-order valence-electron chi connectivity index (χ1n) is 10.4. The number of carbonyl (C=O) groups excluding carboxylic acids is 1. The summed E-state index contributed by atoms with van der Waals surface area (Å²) < 4.78 is 20.1. The van der Waals surface area contributed by atoms with Gasteiger partial charge >= 0.3 is 0 Å². The molecule has 1 aliphatic rings. The van der Waals surface area contributed by atoms with Gasteiger partial charge in [-0.25, -0.2) is 4.39 Å². The van der Waals surface area contributed by atoms with Crippen molar-refractivity contribution in [1.82, 2.24) is 4.90 Å². The predicted molar refractivity (Wildman–Crippen MR) is 132 cm³/mol. The third-order valence-corrected chi connectivity index (χ3v) is 6.84. The summed E-state index contributed by atoms with van der Waals surface area (Å²) in [6, 6.07) is 6.87. The Kier molecular flexibility index (Phi) is 8.21. The van der Waals surface area contributed by atoms with Crippen LogP contribution < -0.4 is 4.74 Å². The smallest absolute Gasteiger partial charge is 0.253 e. The van der Waals surface area contributed by atoms with Crippen LogP contribution in [-0.2, 0) is 5.75 Å². The summed E-state index contributed by atoms with van der Waals surface area (Å²) >= 11 is 7.96. The van der Waals surface area contributed by atoms with Gasteiger partial charge in [0.1, 0.15) is 5.82 Å². The van der Waals surface area contributed by atoms with Crippen molar-refractivity contribution in [1.29, 1.82) is 0 Å². The Morgan fingerprint density at radius 1 is 1.25 bits per heavy atom. The number of nitrogens with zero attached hydrogens (tertiary/aromatic N) is 1. The number of allylic oxidation sites excluding steroid dienone is 4. The highest BCUT2D eigenvalue weighted by molar-refractivity contribution is 7.98. The molecular weight excluding hydrogens is 445 g/mol. The monoisotopic (exact) mass is 471 g/mol. The van der Waals surface area contributed by atoms with Crippen LogP contribution in [0.3, 0.4) is 0 Å². The fourth-order valence-corrected chi connectivity index (χ4v) is 5.25. The summed E-state index contributed by atoms with van der Waals surface area (Å²) in [6.07, 6.45) is 7.00. The van der Waals surface area contributed by atoms with Crippen LogP contribution in [-0.4, -0.2) is 31.0 Å². The number of hydrogen-bond acceptors (Lipinski definition) is 3. The van der Waals surface area contributed by atoms with Crippen LogP contribution in [0.15, 0.2) is 60.5 Å². The van der Waals surface area contributed by atoms with Crippen molar-refractivity contribution in [2.75, 3.05) is 20.2 Å². The number of carbonyl (C=O) groups is 1. The lowest BCUT2D eigenvalue weighted by atomic mass is 9.99. The van der Waals surface area contributed by atoms with E-state index in [1.54, 1.807) is 31.4 Å². The van der Waals surface area contributed by atoms with Gasteiger partial charge in [-0.05, 0) is 60.7 Å². The van der Waals surface area contributed by atoms with Gasteiger partial charge in [0, 0.05) is 30.0 Å². The first kappa shape index (κ1) is 24.1. The van der Waals surface area contributed by atoms with Gasteiger partial charge in [-0.15, -0.1) is 11.8 Å². The summed E-state index contributed by atoms with van der Waals surface area (Å²) in [5.74, 6) is 0.779. The summed E-state index contributed by atoms with van der Waals surface area (Å²) in [7, 11) is 1.56. The molecule has 2 aromatic carbocycles. The Balaban J connectivity index is 1.92.